The van der Waals surface area contributed by atoms with Gasteiger partial charge in [0.25, 0.3) is 0 Å². The summed E-state index contributed by atoms with van der Waals surface area (Å²) >= 11 is 0. The number of carboxylic acid groups (broad SMARTS) is 2. The predicted molar refractivity (Wildman–Crippen MR) is 147 cm³/mol. The first kappa shape index (κ1) is 39.6. The molecule has 2 rings (SSSR count). The average molecular weight is 644 g/mol. The minimum atomic E-state index is -5.08. The molecule has 0 amide bonds. The first-order valence-corrected chi connectivity index (χ1v) is 12.7. The van der Waals surface area contributed by atoms with Crippen LogP contribution in [0.25, 0.3) is 0 Å². The Bertz CT molecular complexity index is 1240. The van der Waals surface area contributed by atoms with E-state index in [2.05, 4.69) is 10.3 Å². The van der Waals surface area contributed by atoms with Crippen molar-refractivity contribution < 1.29 is 65.2 Å². The molecule has 0 unspecified atom stereocenters. The van der Waals surface area contributed by atoms with E-state index in [4.69, 9.17) is 29.3 Å². The summed E-state index contributed by atoms with van der Waals surface area (Å²) in [5.74, 6) is -6.44. The molecular formula is C27H35F6N3O8. The third-order valence-corrected chi connectivity index (χ3v) is 4.96. The van der Waals surface area contributed by atoms with Crippen molar-refractivity contribution in [1.29, 1.82) is 0 Å². The maximum Gasteiger partial charge on any atom is 0.490 e. The zero-order valence-corrected chi connectivity index (χ0v) is 25.0. The first-order chi connectivity index (χ1) is 20.0. The van der Waals surface area contributed by atoms with E-state index < -0.39 is 41.8 Å². The molecule has 0 bridgehead atoms. The molecule has 0 aliphatic rings. The van der Waals surface area contributed by atoms with Crippen LogP contribution in [0.4, 0.5) is 37.7 Å². The van der Waals surface area contributed by atoms with Crippen molar-refractivity contribution in [2.24, 2.45) is 0 Å². The van der Waals surface area contributed by atoms with Crippen molar-refractivity contribution >= 4 is 35.3 Å². The minimum absolute atomic E-state index is 0.258. The summed E-state index contributed by atoms with van der Waals surface area (Å²) in [6.07, 6.45) is -9.67. The second-order valence-corrected chi connectivity index (χ2v) is 9.81. The number of benzene rings is 1. The Kier molecular flexibility index (Phi) is 14.8. The van der Waals surface area contributed by atoms with E-state index in [-0.39, 0.29) is 6.61 Å². The normalized spacial score (nSPS) is 11.2. The molecule has 0 atom stereocenters. The zero-order chi connectivity index (χ0) is 34.6. The number of esters is 2. The van der Waals surface area contributed by atoms with Crippen molar-refractivity contribution in [3.63, 3.8) is 0 Å². The maximum atomic E-state index is 12.7. The second kappa shape index (κ2) is 16.4. The third-order valence-electron chi connectivity index (χ3n) is 4.96. The number of rotatable bonds is 8. The number of hydrogen-bond donors (Lipinski definition) is 4. The zero-order valence-electron chi connectivity index (χ0n) is 25.0. The molecule has 1 heterocycles. The fourth-order valence-electron chi connectivity index (χ4n) is 3.10. The number of aromatic nitrogens is 1. The summed E-state index contributed by atoms with van der Waals surface area (Å²) in [5.41, 5.74) is 3.28. The Labute approximate surface area is 249 Å². The van der Waals surface area contributed by atoms with Gasteiger partial charge in [-0.25, -0.2) is 19.2 Å². The number of halogens is 6. The van der Waals surface area contributed by atoms with Crippen LogP contribution in [-0.4, -0.2) is 77.7 Å². The highest BCUT2D eigenvalue weighted by molar-refractivity contribution is 5.99. The largest absolute Gasteiger partial charge is 0.490 e. The summed E-state index contributed by atoms with van der Waals surface area (Å²) in [7, 11) is 3.97. The lowest BCUT2D eigenvalue weighted by Crippen LogP contribution is -2.24. The Morgan fingerprint density at radius 3 is 1.66 bits per heavy atom. The van der Waals surface area contributed by atoms with E-state index in [0.717, 1.165) is 11.4 Å². The van der Waals surface area contributed by atoms with Crippen LogP contribution >= 0.6 is 0 Å². The van der Waals surface area contributed by atoms with E-state index in [0.29, 0.717) is 35.5 Å². The number of carboxylic acids is 2. The summed E-state index contributed by atoms with van der Waals surface area (Å²) in [6, 6.07) is 7.95. The number of nitrogens with zero attached hydrogens (tertiary/aromatic N) is 1. The summed E-state index contributed by atoms with van der Waals surface area (Å²) in [4.78, 5) is 48.3. The number of aliphatic carboxylic acids is 2. The maximum absolute atomic E-state index is 12.7. The highest BCUT2D eigenvalue weighted by Gasteiger charge is 2.39. The van der Waals surface area contributed by atoms with Crippen LogP contribution < -0.4 is 10.2 Å². The molecule has 0 spiro atoms. The van der Waals surface area contributed by atoms with Gasteiger partial charge in [0, 0.05) is 31.2 Å². The Hall–Kier alpha value is -4.44. The van der Waals surface area contributed by atoms with Gasteiger partial charge in [0.05, 0.1) is 18.7 Å². The van der Waals surface area contributed by atoms with Crippen molar-refractivity contribution in [3.8, 4) is 0 Å². The number of anilines is 2. The monoisotopic (exact) mass is 643 g/mol. The highest BCUT2D eigenvalue weighted by atomic mass is 19.4. The van der Waals surface area contributed by atoms with Gasteiger partial charge >= 0.3 is 36.2 Å². The van der Waals surface area contributed by atoms with Crippen LogP contribution in [0.15, 0.2) is 24.3 Å². The summed E-state index contributed by atoms with van der Waals surface area (Å²) in [5, 5.41) is 17.6. The molecule has 11 nitrogen and oxygen atoms in total. The lowest BCUT2D eigenvalue weighted by atomic mass is 10.1. The molecule has 4 N–H and O–H groups in total. The fraction of sp³-hybridized carbons (Fsp3) is 0.481. The minimum Gasteiger partial charge on any atom is -0.475 e. The van der Waals surface area contributed by atoms with Gasteiger partial charge in [-0.1, -0.05) is 6.92 Å². The molecule has 0 saturated carbocycles. The highest BCUT2D eigenvalue weighted by Crippen LogP contribution is 2.25. The first-order valence-electron chi connectivity index (χ1n) is 12.7. The Balaban J connectivity index is 0.00000109. The number of hydrogen-bond acceptors (Lipinski definition) is 8. The number of aromatic amines is 1. The summed E-state index contributed by atoms with van der Waals surface area (Å²) < 4.78 is 74.3. The number of H-pyrrole nitrogens is 1. The molecule has 0 fully saturated rings. The van der Waals surface area contributed by atoms with E-state index >= 15 is 0 Å². The van der Waals surface area contributed by atoms with Gasteiger partial charge in [0.15, 0.2) is 0 Å². The number of carbonyl (C=O) groups excluding carboxylic acids is 2. The fourth-order valence-corrected chi connectivity index (χ4v) is 3.10. The molecular weight excluding hydrogens is 608 g/mol. The third kappa shape index (κ3) is 13.7. The van der Waals surface area contributed by atoms with E-state index in [1.807, 2.05) is 71.0 Å². The van der Waals surface area contributed by atoms with Crippen molar-refractivity contribution in [2.75, 3.05) is 30.9 Å². The Morgan fingerprint density at radius 1 is 0.864 bits per heavy atom. The van der Waals surface area contributed by atoms with Gasteiger partial charge in [-0.05, 0) is 63.9 Å². The van der Waals surface area contributed by atoms with Crippen LogP contribution in [0.3, 0.4) is 0 Å². The number of ether oxygens (including phenoxy) is 2. The van der Waals surface area contributed by atoms with Crippen LogP contribution in [0.2, 0.25) is 0 Å². The second-order valence-electron chi connectivity index (χ2n) is 9.81. The molecule has 248 valence electrons. The molecule has 44 heavy (non-hydrogen) atoms. The van der Waals surface area contributed by atoms with Gasteiger partial charge in [-0.3, -0.25) is 0 Å². The summed E-state index contributed by atoms with van der Waals surface area (Å²) in [6.45, 7) is 9.69. The van der Waals surface area contributed by atoms with Gasteiger partial charge in [0.2, 0.25) is 0 Å². The van der Waals surface area contributed by atoms with Gasteiger partial charge in [-0.15, -0.1) is 0 Å². The van der Waals surface area contributed by atoms with E-state index in [9.17, 15) is 35.9 Å². The lowest BCUT2D eigenvalue weighted by Gasteiger charge is -2.19. The quantitative estimate of drug-likeness (QED) is 0.209. The van der Waals surface area contributed by atoms with Gasteiger partial charge in [0.1, 0.15) is 11.3 Å². The molecule has 0 aliphatic carbocycles. The van der Waals surface area contributed by atoms with Crippen molar-refractivity contribution in [1.82, 2.24) is 4.98 Å². The van der Waals surface area contributed by atoms with Crippen molar-refractivity contribution in [2.45, 2.75) is 65.5 Å². The lowest BCUT2D eigenvalue weighted by molar-refractivity contribution is -0.193. The molecule has 1 aromatic carbocycles. The van der Waals surface area contributed by atoms with E-state index in [1.165, 1.54) is 0 Å². The average Bonchev–Trinajstić information content (AvgIpc) is 3.25. The molecule has 0 aliphatic heterocycles. The van der Waals surface area contributed by atoms with Gasteiger partial charge < -0.3 is 34.9 Å². The van der Waals surface area contributed by atoms with Crippen LogP contribution in [0.1, 0.15) is 66.7 Å². The van der Waals surface area contributed by atoms with Crippen LogP contribution in [-0.2, 0) is 32.0 Å². The molecule has 17 heteroatoms. The SMILES string of the molecule is CCOC(=O)c1c(CNc2ccc(N(C)C)cc2)[nH]c(C(=O)OC(C)(C)C)c1CC.O=C(O)C(F)(F)F.O=C(O)C(F)(F)F. The molecule has 0 saturated heterocycles. The Morgan fingerprint density at radius 2 is 1.32 bits per heavy atom. The van der Waals surface area contributed by atoms with Gasteiger partial charge in [-0.2, -0.15) is 26.3 Å². The number of alkyl halides is 6. The molecule has 1 aromatic heterocycles. The van der Waals surface area contributed by atoms with Crippen LogP contribution in [0, 0.1) is 0 Å². The molecule has 2 aromatic rings. The van der Waals surface area contributed by atoms with E-state index in [1.54, 1.807) is 6.92 Å². The number of nitrogens with one attached hydrogen (secondary N) is 2. The van der Waals surface area contributed by atoms with Crippen LogP contribution in [0.5, 0.6) is 0 Å². The van der Waals surface area contributed by atoms with Crippen molar-refractivity contribution in [3.05, 3.63) is 46.8 Å². The topological polar surface area (TPSA) is 158 Å². The smallest absolute Gasteiger partial charge is 0.475 e. The standard InChI is InChI=1S/C23H33N3O4.2C2HF3O2/c1-8-17-19(21(27)29-9-2)18(25-20(17)22(28)30-23(3,4)5)14-24-15-10-12-16(13-11-15)26(6)7;2*3-2(4,5)1(6)7/h10-13,24-25H,8-9,14H2,1-7H3;2*(H,6,7). The molecule has 0 radical (unpaired) electrons. The number of carbonyl (C=O) groups is 4. The predicted octanol–water partition coefficient (Wildman–Crippen LogP) is 5.65.